The van der Waals surface area contributed by atoms with Gasteiger partial charge in [-0.05, 0) is 65.8 Å². The van der Waals surface area contributed by atoms with Crippen LogP contribution in [0, 0.1) is 3.57 Å². The minimum absolute atomic E-state index is 0.147. The Balaban J connectivity index is 2.19. The van der Waals surface area contributed by atoms with Crippen molar-refractivity contribution in [2.75, 3.05) is 21.3 Å². The molecule has 134 valence electrons. The van der Waals surface area contributed by atoms with Crippen molar-refractivity contribution in [2.24, 2.45) is 0 Å². The highest BCUT2D eigenvalue weighted by Crippen LogP contribution is 2.28. The Morgan fingerprint density at radius 3 is 2.36 bits per heavy atom. The van der Waals surface area contributed by atoms with Crippen molar-refractivity contribution >= 4 is 28.5 Å². The lowest BCUT2D eigenvalue weighted by Gasteiger charge is -2.27. The smallest absolute Gasteiger partial charge is 0.278 e. The minimum Gasteiger partial charge on any atom is -0.493 e. The van der Waals surface area contributed by atoms with Crippen LogP contribution < -0.4 is 9.47 Å². The van der Waals surface area contributed by atoms with Crippen LogP contribution in [-0.2, 0) is 11.3 Å². The first-order valence-electron chi connectivity index (χ1n) is 7.85. The Hall–Kier alpha value is -1.80. The fourth-order valence-electron chi connectivity index (χ4n) is 2.65. The number of amides is 1. The Morgan fingerprint density at radius 2 is 1.76 bits per heavy atom. The maximum absolute atomic E-state index is 12.8. The molecule has 5 nitrogen and oxygen atoms in total. The van der Waals surface area contributed by atoms with Gasteiger partial charge >= 0.3 is 0 Å². The lowest BCUT2D eigenvalue weighted by molar-refractivity contribution is -0.119. The molecule has 0 aliphatic rings. The number of ether oxygens (including phenoxy) is 2. The van der Waals surface area contributed by atoms with Crippen molar-refractivity contribution < 1.29 is 19.1 Å². The lowest BCUT2D eigenvalue weighted by atomic mass is 10.1. The zero-order chi connectivity index (χ0) is 18.4. The lowest BCUT2D eigenvalue weighted by Crippen LogP contribution is -2.39. The third-order valence-corrected chi connectivity index (χ3v) is 4.82. The summed E-state index contributed by atoms with van der Waals surface area (Å²) in [5.41, 5.74) is 1.66. The van der Waals surface area contributed by atoms with E-state index in [0.29, 0.717) is 23.5 Å². The summed E-state index contributed by atoms with van der Waals surface area (Å²) in [6.45, 7) is 1.95. The third-order valence-electron chi connectivity index (χ3n) is 3.88. The van der Waals surface area contributed by atoms with Crippen molar-refractivity contribution in [1.29, 1.82) is 0 Å². The van der Waals surface area contributed by atoms with Crippen LogP contribution in [-0.4, -0.2) is 38.3 Å². The molecular weight excluding hydrogens is 433 g/mol. The van der Waals surface area contributed by atoms with E-state index in [1.165, 1.54) is 12.2 Å². The topological polar surface area (TPSA) is 48.0 Å². The molecule has 0 aromatic heterocycles. The van der Waals surface area contributed by atoms with Gasteiger partial charge in [-0.2, -0.15) is 0 Å². The predicted molar refractivity (Wildman–Crippen MR) is 105 cm³/mol. The van der Waals surface area contributed by atoms with Gasteiger partial charge < -0.3 is 9.47 Å². The fraction of sp³-hybridized carbons (Fsp3) is 0.316. The molecule has 0 aliphatic carbocycles. The van der Waals surface area contributed by atoms with Crippen LogP contribution in [0.5, 0.6) is 11.5 Å². The summed E-state index contributed by atoms with van der Waals surface area (Å²) in [5.74, 6) is 1.19. The van der Waals surface area contributed by atoms with Crippen molar-refractivity contribution in [3.8, 4) is 11.5 Å². The van der Waals surface area contributed by atoms with Gasteiger partial charge in [-0.3, -0.25) is 9.63 Å². The van der Waals surface area contributed by atoms with Crippen molar-refractivity contribution in [3.63, 3.8) is 0 Å². The quantitative estimate of drug-likeness (QED) is 0.469. The average Bonchev–Trinajstić information content (AvgIpc) is 2.62. The van der Waals surface area contributed by atoms with Crippen LogP contribution in [0.2, 0.25) is 0 Å². The van der Waals surface area contributed by atoms with Gasteiger partial charge in [0.15, 0.2) is 11.5 Å². The van der Waals surface area contributed by atoms with Crippen molar-refractivity contribution in [3.05, 3.63) is 57.2 Å². The second kappa shape index (κ2) is 9.05. The number of benzene rings is 2. The van der Waals surface area contributed by atoms with E-state index in [-0.39, 0.29) is 11.9 Å². The van der Waals surface area contributed by atoms with Crippen LogP contribution >= 0.6 is 22.6 Å². The summed E-state index contributed by atoms with van der Waals surface area (Å²) in [4.78, 5) is 18.2. The van der Waals surface area contributed by atoms with E-state index in [1.807, 2.05) is 43.3 Å². The van der Waals surface area contributed by atoms with Gasteiger partial charge in [0.25, 0.3) is 5.91 Å². The molecule has 0 radical (unpaired) electrons. The van der Waals surface area contributed by atoms with Crippen LogP contribution in [0.25, 0.3) is 0 Å². The number of hydrogen-bond acceptors (Lipinski definition) is 4. The number of hydrogen-bond donors (Lipinski definition) is 0. The highest BCUT2D eigenvalue weighted by molar-refractivity contribution is 14.1. The van der Waals surface area contributed by atoms with Crippen LogP contribution in [0.4, 0.5) is 0 Å². The Bertz CT molecular complexity index is 735. The maximum Gasteiger partial charge on any atom is 0.278 e. The van der Waals surface area contributed by atoms with E-state index >= 15 is 0 Å². The number of halogens is 1. The summed E-state index contributed by atoms with van der Waals surface area (Å²) in [7, 11) is 4.72. The normalized spacial score (nSPS) is 11.7. The number of methoxy groups -OCH3 is 2. The molecule has 1 amide bonds. The molecule has 25 heavy (non-hydrogen) atoms. The highest BCUT2D eigenvalue weighted by atomic mass is 127. The SMILES string of the molecule is COc1ccc(C[C@@H](C)N(OC)C(=O)c2ccccc2I)cc1OC. The first-order chi connectivity index (χ1) is 12.0. The molecule has 1 atom stereocenters. The molecular formula is C19H22INO4. The van der Waals surface area contributed by atoms with E-state index in [9.17, 15) is 4.79 Å². The van der Waals surface area contributed by atoms with E-state index in [4.69, 9.17) is 14.3 Å². The summed E-state index contributed by atoms with van der Waals surface area (Å²) in [5, 5.41) is 1.41. The van der Waals surface area contributed by atoms with Gasteiger partial charge in [-0.25, -0.2) is 5.06 Å². The van der Waals surface area contributed by atoms with Gasteiger partial charge in [-0.15, -0.1) is 0 Å². The molecule has 0 spiro atoms. The van der Waals surface area contributed by atoms with Gasteiger partial charge in [0.05, 0.1) is 32.9 Å². The van der Waals surface area contributed by atoms with E-state index in [1.54, 1.807) is 20.3 Å². The molecule has 2 aromatic carbocycles. The highest BCUT2D eigenvalue weighted by Gasteiger charge is 2.24. The maximum atomic E-state index is 12.8. The first-order valence-corrected chi connectivity index (χ1v) is 8.92. The molecule has 2 rings (SSSR count). The first kappa shape index (κ1) is 19.5. The summed E-state index contributed by atoms with van der Waals surface area (Å²) in [6.07, 6.45) is 0.628. The van der Waals surface area contributed by atoms with Gasteiger partial charge in [0.2, 0.25) is 0 Å². The second-order valence-corrected chi connectivity index (χ2v) is 6.70. The monoisotopic (exact) mass is 455 g/mol. The second-order valence-electron chi connectivity index (χ2n) is 5.54. The molecule has 0 bridgehead atoms. The standard InChI is InChI=1S/C19H22INO4/c1-13(11-14-9-10-17(23-2)18(12-14)24-3)21(25-4)19(22)15-7-5-6-8-16(15)20/h5-10,12-13H,11H2,1-4H3/t13-/m1/s1. The predicted octanol–water partition coefficient (Wildman–Crippen LogP) is 3.94. The Kier molecular flexibility index (Phi) is 7.07. The number of carbonyl (C=O) groups is 1. The summed E-state index contributed by atoms with van der Waals surface area (Å²) in [6, 6.07) is 13.1. The third kappa shape index (κ3) is 4.64. The molecule has 0 aliphatic heterocycles. The van der Waals surface area contributed by atoms with Crippen molar-refractivity contribution in [2.45, 2.75) is 19.4 Å². The Labute approximate surface area is 162 Å². The van der Waals surface area contributed by atoms with Crippen molar-refractivity contribution in [1.82, 2.24) is 5.06 Å². The van der Waals surface area contributed by atoms with Gasteiger partial charge in [0.1, 0.15) is 0 Å². The van der Waals surface area contributed by atoms with Crippen LogP contribution in [0.1, 0.15) is 22.8 Å². The van der Waals surface area contributed by atoms with Crippen LogP contribution in [0.3, 0.4) is 0 Å². The van der Waals surface area contributed by atoms with Gasteiger partial charge in [-0.1, -0.05) is 18.2 Å². The zero-order valence-corrected chi connectivity index (χ0v) is 16.9. The van der Waals surface area contributed by atoms with Crippen LogP contribution in [0.15, 0.2) is 42.5 Å². The molecule has 0 heterocycles. The zero-order valence-electron chi connectivity index (χ0n) is 14.8. The molecule has 0 saturated heterocycles. The van der Waals surface area contributed by atoms with E-state index < -0.39 is 0 Å². The Morgan fingerprint density at radius 1 is 1.08 bits per heavy atom. The molecule has 0 N–H and O–H groups in total. The van der Waals surface area contributed by atoms with Gasteiger partial charge in [0, 0.05) is 3.57 Å². The molecule has 0 saturated carbocycles. The molecule has 6 heteroatoms. The number of hydroxylamine groups is 2. The molecule has 0 fully saturated rings. The summed E-state index contributed by atoms with van der Waals surface area (Å²) >= 11 is 2.16. The molecule has 2 aromatic rings. The van der Waals surface area contributed by atoms with E-state index in [0.717, 1.165) is 9.13 Å². The van der Waals surface area contributed by atoms with E-state index in [2.05, 4.69) is 22.6 Å². The largest absolute Gasteiger partial charge is 0.493 e. The summed E-state index contributed by atoms with van der Waals surface area (Å²) < 4.78 is 11.5. The molecule has 0 unspecified atom stereocenters. The minimum atomic E-state index is -0.152. The number of nitrogens with zero attached hydrogens (tertiary/aromatic N) is 1. The number of carbonyl (C=O) groups excluding carboxylic acids is 1. The fourth-order valence-corrected chi connectivity index (χ4v) is 3.27. The average molecular weight is 455 g/mol. The number of rotatable bonds is 7.